The molecule has 2 heterocycles. The Balaban J connectivity index is 1.49. The van der Waals surface area contributed by atoms with Crippen LogP contribution in [0.4, 0.5) is 0 Å². The molecule has 34 heavy (non-hydrogen) atoms. The van der Waals surface area contributed by atoms with Crippen LogP contribution in [0.2, 0.25) is 10.2 Å². The van der Waals surface area contributed by atoms with E-state index in [0.717, 1.165) is 22.1 Å². The van der Waals surface area contributed by atoms with Crippen LogP contribution < -0.4 is 5.63 Å². The van der Waals surface area contributed by atoms with Gasteiger partial charge >= 0.3 is 11.6 Å². The van der Waals surface area contributed by atoms with Gasteiger partial charge in [0.25, 0.3) is 0 Å². The molecule has 0 saturated carbocycles. The second-order valence-corrected chi connectivity index (χ2v) is 8.72. The molecule has 6 nitrogen and oxygen atoms in total. The number of nitrogens with zero attached hydrogens (tertiary/aromatic N) is 2. The van der Waals surface area contributed by atoms with Gasteiger partial charge in [0, 0.05) is 33.7 Å². The molecule has 0 spiro atoms. The van der Waals surface area contributed by atoms with Crippen molar-refractivity contribution in [2.24, 2.45) is 0 Å². The van der Waals surface area contributed by atoms with Crippen molar-refractivity contribution in [1.82, 2.24) is 9.78 Å². The van der Waals surface area contributed by atoms with E-state index in [1.165, 1.54) is 12.1 Å². The summed E-state index contributed by atoms with van der Waals surface area (Å²) in [5.41, 5.74) is 4.64. The predicted octanol–water partition coefficient (Wildman–Crippen LogP) is 6.03. The number of fused-ring (bicyclic) bond motifs is 1. The van der Waals surface area contributed by atoms with E-state index in [0.29, 0.717) is 39.1 Å². The fraction of sp³-hybridized carbons (Fsp3) is 0.192. The SMILES string of the molecule is Cc1ccc2c(COC(=O)C=Cc3c(C)nn(Cc4ccccc4Cl)c3Cl)cc(=O)oc2c1C. The van der Waals surface area contributed by atoms with Crippen LogP contribution >= 0.6 is 23.2 Å². The van der Waals surface area contributed by atoms with Crippen LogP contribution in [0.3, 0.4) is 0 Å². The third kappa shape index (κ3) is 4.93. The summed E-state index contributed by atoms with van der Waals surface area (Å²) in [6.07, 6.45) is 2.86. The zero-order valence-electron chi connectivity index (χ0n) is 18.9. The first kappa shape index (κ1) is 23.8. The summed E-state index contributed by atoms with van der Waals surface area (Å²) in [6.45, 7) is 5.97. The van der Waals surface area contributed by atoms with Crippen LogP contribution in [0.15, 0.2) is 57.8 Å². The summed E-state index contributed by atoms with van der Waals surface area (Å²) in [4.78, 5) is 24.4. The van der Waals surface area contributed by atoms with Gasteiger partial charge in [0.05, 0.1) is 12.2 Å². The minimum Gasteiger partial charge on any atom is -0.458 e. The zero-order chi connectivity index (χ0) is 24.4. The molecule has 0 aliphatic rings. The first-order valence-corrected chi connectivity index (χ1v) is 11.3. The molecular weight excluding hydrogens is 475 g/mol. The van der Waals surface area contributed by atoms with Gasteiger partial charge in [-0.1, -0.05) is 53.5 Å². The lowest BCUT2D eigenvalue weighted by Crippen LogP contribution is -2.06. The Hall–Kier alpha value is -3.35. The molecule has 0 amide bonds. The lowest BCUT2D eigenvalue weighted by Gasteiger charge is -2.09. The van der Waals surface area contributed by atoms with Gasteiger partial charge in [0.1, 0.15) is 17.3 Å². The van der Waals surface area contributed by atoms with E-state index < -0.39 is 11.6 Å². The molecule has 0 saturated heterocycles. The van der Waals surface area contributed by atoms with E-state index in [1.807, 2.05) is 44.2 Å². The summed E-state index contributed by atoms with van der Waals surface area (Å²) >= 11 is 12.7. The van der Waals surface area contributed by atoms with Gasteiger partial charge in [-0.25, -0.2) is 14.3 Å². The maximum Gasteiger partial charge on any atom is 0.336 e. The molecule has 0 N–H and O–H groups in total. The monoisotopic (exact) mass is 496 g/mol. The van der Waals surface area contributed by atoms with Gasteiger partial charge in [0.2, 0.25) is 0 Å². The summed E-state index contributed by atoms with van der Waals surface area (Å²) in [6, 6.07) is 12.6. The van der Waals surface area contributed by atoms with Crippen LogP contribution in [0.5, 0.6) is 0 Å². The highest BCUT2D eigenvalue weighted by Crippen LogP contribution is 2.25. The van der Waals surface area contributed by atoms with Crippen LogP contribution in [-0.4, -0.2) is 15.7 Å². The van der Waals surface area contributed by atoms with E-state index in [9.17, 15) is 9.59 Å². The number of rotatable bonds is 6. The van der Waals surface area contributed by atoms with Gasteiger partial charge in [-0.05, 0) is 49.6 Å². The maximum absolute atomic E-state index is 12.4. The van der Waals surface area contributed by atoms with Gasteiger partial charge in [-0.2, -0.15) is 5.10 Å². The second kappa shape index (κ2) is 9.87. The first-order valence-electron chi connectivity index (χ1n) is 10.6. The fourth-order valence-corrected chi connectivity index (χ4v) is 4.13. The Morgan fingerprint density at radius 2 is 1.88 bits per heavy atom. The van der Waals surface area contributed by atoms with Crippen molar-refractivity contribution in [3.05, 3.63) is 103 Å². The normalized spacial score (nSPS) is 11.4. The molecule has 174 valence electrons. The molecule has 0 bridgehead atoms. The highest BCUT2D eigenvalue weighted by molar-refractivity contribution is 6.32. The molecule has 0 aliphatic carbocycles. The van der Waals surface area contributed by atoms with E-state index in [4.69, 9.17) is 32.4 Å². The molecule has 4 rings (SSSR count). The van der Waals surface area contributed by atoms with Crippen LogP contribution in [-0.2, 0) is 22.7 Å². The molecule has 2 aromatic heterocycles. The quantitative estimate of drug-likeness (QED) is 0.185. The Morgan fingerprint density at radius 3 is 2.65 bits per heavy atom. The predicted molar refractivity (Wildman–Crippen MR) is 133 cm³/mol. The van der Waals surface area contributed by atoms with Crippen molar-refractivity contribution in [3.8, 4) is 0 Å². The van der Waals surface area contributed by atoms with E-state index in [-0.39, 0.29) is 6.61 Å². The van der Waals surface area contributed by atoms with Crippen molar-refractivity contribution < 1.29 is 13.9 Å². The first-order chi connectivity index (χ1) is 16.2. The molecule has 0 fully saturated rings. The number of carbonyl (C=O) groups is 1. The standard InChI is InChI=1S/C26H22Cl2N2O4/c1-15-8-9-21-19(12-24(32)34-25(21)16(15)2)14-33-23(31)11-10-20-17(3)29-30(26(20)28)13-18-6-4-5-7-22(18)27/h4-12H,13-14H2,1-3H3. The third-order valence-corrected chi connectivity index (χ3v) is 6.43. The smallest absolute Gasteiger partial charge is 0.336 e. The molecule has 0 radical (unpaired) electrons. The molecule has 4 aromatic rings. The number of aryl methyl sites for hydroxylation is 3. The van der Waals surface area contributed by atoms with Crippen LogP contribution in [0.1, 0.15) is 33.5 Å². The highest BCUT2D eigenvalue weighted by Gasteiger charge is 2.14. The van der Waals surface area contributed by atoms with E-state index >= 15 is 0 Å². The van der Waals surface area contributed by atoms with Crippen molar-refractivity contribution in [1.29, 1.82) is 0 Å². The molecule has 0 aliphatic heterocycles. The molecule has 8 heteroatoms. The van der Waals surface area contributed by atoms with Crippen molar-refractivity contribution in [2.45, 2.75) is 33.9 Å². The number of benzene rings is 2. The second-order valence-electron chi connectivity index (χ2n) is 7.95. The minimum atomic E-state index is -0.570. The van der Waals surface area contributed by atoms with Crippen molar-refractivity contribution >= 4 is 46.2 Å². The van der Waals surface area contributed by atoms with Crippen molar-refractivity contribution in [2.75, 3.05) is 0 Å². The Morgan fingerprint density at radius 1 is 1.12 bits per heavy atom. The number of carbonyl (C=O) groups excluding carboxylic acids is 1. The number of ether oxygens (including phenoxy) is 1. The number of halogens is 2. The Kier molecular flexibility index (Phi) is 6.91. The highest BCUT2D eigenvalue weighted by atomic mass is 35.5. The van der Waals surface area contributed by atoms with Crippen molar-refractivity contribution in [3.63, 3.8) is 0 Å². The minimum absolute atomic E-state index is 0.0632. The largest absolute Gasteiger partial charge is 0.458 e. The lowest BCUT2D eigenvalue weighted by molar-refractivity contribution is -0.138. The summed E-state index contributed by atoms with van der Waals surface area (Å²) in [5.74, 6) is -0.570. The molecule has 0 unspecified atom stereocenters. The molecule has 0 atom stereocenters. The molecular formula is C26H22Cl2N2O4. The number of hydrogen-bond donors (Lipinski definition) is 0. The Bertz CT molecular complexity index is 1480. The van der Waals surface area contributed by atoms with E-state index in [2.05, 4.69) is 5.10 Å². The van der Waals surface area contributed by atoms with Gasteiger partial charge in [0.15, 0.2) is 0 Å². The van der Waals surface area contributed by atoms with Gasteiger partial charge in [-0.15, -0.1) is 0 Å². The molecule has 2 aromatic carbocycles. The number of aromatic nitrogens is 2. The average Bonchev–Trinajstić information content (AvgIpc) is 3.07. The maximum atomic E-state index is 12.4. The van der Waals surface area contributed by atoms with Crippen LogP contribution in [0, 0.1) is 20.8 Å². The summed E-state index contributed by atoms with van der Waals surface area (Å²) < 4.78 is 12.4. The lowest BCUT2D eigenvalue weighted by atomic mass is 10.0. The number of hydrogen-bond acceptors (Lipinski definition) is 5. The van der Waals surface area contributed by atoms with Crippen LogP contribution in [0.25, 0.3) is 17.0 Å². The van der Waals surface area contributed by atoms with Gasteiger partial charge < -0.3 is 9.15 Å². The van der Waals surface area contributed by atoms with Gasteiger partial charge in [-0.3, -0.25) is 0 Å². The third-order valence-electron chi connectivity index (χ3n) is 5.66. The van der Waals surface area contributed by atoms with E-state index in [1.54, 1.807) is 23.7 Å². The summed E-state index contributed by atoms with van der Waals surface area (Å²) in [5, 5.41) is 6.20. The number of esters is 1. The Labute approximate surface area is 206 Å². The summed E-state index contributed by atoms with van der Waals surface area (Å²) in [7, 11) is 0. The average molecular weight is 497 g/mol. The fourth-order valence-electron chi connectivity index (χ4n) is 3.64. The topological polar surface area (TPSA) is 74.3 Å². The zero-order valence-corrected chi connectivity index (χ0v) is 20.4.